The molecule has 0 radical (unpaired) electrons. The molecule has 1 rings (SSSR count). The molecule has 0 heterocycles. The summed E-state index contributed by atoms with van der Waals surface area (Å²) in [5.41, 5.74) is 5.41. The van der Waals surface area contributed by atoms with Crippen molar-refractivity contribution in [2.75, 3.05) is 13.7 Å². The van der Waals surface area contributed by atoms with Gasteiger partial charge in [-0.1, -0.05) is 18.2 Å². The number of nitrogens with one attached hydrogen (secondary N) is 3. The first-order chi connectivity index (χ1) is 12.2. The molecule has 11 heteroatoms. The van der Waals surface area contributed by atoms with Crippen molar-refractivity contribution in [3.8, 4) is 0 Å². The van der Waals surface area contributed by atoms with Gasteiger partial charge in [0.25, 0.3) is 0 Å². The molecule has 0 spiro atoms. The van der Waals surface area contributed by atoms with Crippen LogP contribution in [0, 0.1) is 5.41 Å². The topological polar surface area (TPSA) is 172 Å². The van der Waals surface area contributed by atoms with E-state index in [1.165, 1.54) is 19.2 Å². The summed E-state index contributed by atoms with van der Waals surface area (Å²) in [7, 11) is -2.84. The standard InChI is InChI=1S/C15H22N4O6S/c1-25-14(22)11-6-3-2-5-10(11)9-26(23,24)19-12(13(20)21)7-4-8-18-15(16)17/h2-3,5-6,12,19H,4,7-9H2,1H3,(H,20,21)(H4,16,17,18)/t12-/m1/s1. The van der Waals surface area contributed by atoms with E-state index in [4.69, 9.17) is 11.1 Å². The second kappa shape index (κ2) is 9.73. The van der Waals surface area contributed by atoms with Crippen molar-refractivity contribution >= 4 is 27.9 Å². The van der Waals surface area contributed by atoms with Gasteiger partial charge >= 0.3 is 11.9 Å². The highest BCUT2D eigenvalue weighted by Gasteiger charge is 2.25. The lowest BCUT2D eigenvalue weighted by atomic mass is 10.1. The molecule has 0 aliphatic carbocycles. The Bertz CT molecular complexity index is 765. The van der Waals surface area contributed by atoms with Gasteiger partial charge in [0.05, 0.1) is 18.4 Å². The first kappa shape index (κ1) is 21.4. The van der Waals surface area contributed by atoms with Crippen LogP contribution >= 0.6 is 0 Å². The molecule has 0 aromatic heterocycles. The molecule has 6 N–H and O–H groups in total. The molecule has 10 nitrogen and oxygen atoms in total. The lowest BCUT2D eigenvalue weighted by Gasteiger charge is -2.16. The number of sulfonamides is 1. The molecular formula is C15H22N4O6S. The smallest absolute Gasteiger partial charge is 0.338 e. The fraction of sp³-hybridized carbons (Fsp3) is 0.400. The van der Waals surface area contributed by atoms with E-state index >= 15 is 0 Å². The van der Waals surface area contributed by atoms with E-state index in [1.807, 2.05) is 0 Å². The number of rotatable bonds is 10. The van der Waals surface area contributed by atoms with Gasteiger partial charge in [-0.3, -0.25) is 10.2 Å². The van der Waals surface area contributed by atoms with Crippen LogP contribution in [0.15, 0.2) is 24.3 Å². The van der Waals surface area contributed by atoms with Crippen molar-refractivity contribution in [1.29, 1.82) is 5.41 Å². The zero-order chi connectivity index (χ0) is 19.7. The third-order valence-corrected chi connectivity index (χ3v) is 4.71. The Morgan fingerprint density at radius 2 is 2.00 bits per heavy atom. The quantitative estimate of drug-likeness (QED) is 0.156. The van der Waals surface area contributed by atoms with Gasteiger partial charge in [-0.05, 0) is 24.5 Å². The van der Waals surface area contributed by atoms with E-state index in [0.29, 0.717) is 0 Å². The highest BCUT2D eigenvalue weighted by Crippen LogP contribution is 2.14. The van der Waals surface area contributed by atoms with Crippen LogP contribution in [0.2, 0.25) is 0 Å². The Balaban J connectivity index is 2.81. The third-order valence-electron chi connectivity index (χ3n) is 3.37. The van der Waals surface area contributed by atoms with E-state index in [-0.39, 0.29) is 36.5 Å². The average Bonchev–Trinajstić information content (AvgIpc) is 2.56. The van der Waals surface area contributed by atoms with Crippen LogP contribution < -0.4 is 15.8 Å². The van der Waals surface area contributed by atoms with Crippen molar-refractivity contribution in [3.05, 3.63) is 35.4 Å². The monoisotopic (exact) mass is 386 g/mol. The van der Waals surface area contributed by atoms with E-state index in [1.54, 1.807) is 12.1 Å². The predicted octanol–water partition coefficient (Wildman–Crippen LogP) is -0.391. The van der Waals surface area contributed by atoms with Crippen molar-refractivity contribution in [2.45, 2.75) is 24.6 Å². The highest BCUT2D eigenvalue weighted by atomic mass is 32.2. The van der Waals surface area contributed by atoms with E-state index in [9.17, 15) is 23.1 Å². The van der Waals surface area contributed by atoms with Gasteiger partial charge in [-0.25, -0.2) is 17.9 Å². The number of carbonyl (C=O) groups is 2. The fourth-order valence-corrected chi connectivity index (χ4v) is 3.58. The molecule has 1 atom stereocenters. The lowest BCUT2D eigenvalue weighted by Crippen LogP contribution is -2.42. The van der Waals surface area contributed by atoms with Gasteiger partial charge in [-0.15, -0.1) is 0 Å². The Labute approximate surface area is 151 Å². The third kappa shape index (κ3) is 7.07. The van der Waals surface area contributed by atoms with Crippen LogP contribution in [-0.2, 0) is 25.3 Å². The van der Waals surface area contributed by atoms with Gasteiger partial charge in [-0.2, -0.15) is 0 Å². The number of esters is 1. The van der Waals surface area contributed by atoms with Crippen LogP contribution in [0.5, 0.6) is 0 Å². The second-order valence-corrected chi connectivity index (χ2v) is 7.15. The first-order valence-corrected chi connectivity index (χ1v) is 9.28. The summed E-state index contributed by atoms with van der Waals surface area (Å²) in [6.07, 6.45) is 0.297. The normalized spacial score (nSPS) is 12.2. The Morgan fingerprint density at radius 1 is 1.35 bits per heavy atom. The molecule has 0 fully saturated rings. The zero-order valence-corrected chi connectivity index (χ0v) is 15.0. The maximum Gasteiger partial charge on any atom is 0.338 e. The number of benzene rings is 1. The van der Waals surface area contributed by atoms with Gasteiger partial charge in [0.15, 0.2) is 5.96 Å². The van der Waals surface area contributed by atoms with Crippen LogP contribution in [0.3, 0.4) is 0 Å². The number of ether oxygens (including phenoxy) is 1. The summed E-state index contributed by atoms with van der Waals surface area (Å²) >= 11 is 0. The zero-order valence-electron chi connectivity index (χ0n) is 14.2. The molecule has 0 aliphatic rings. The predicted molar refractivity (Wildman–Crippen MR) is 94.1 cm³/mol. The van der Waals surface area contributed by atoms with Crippen molar-refractivity contribution in [3.63, 3.8) is 0 Å². The minimum Gasteiger partial charge on any atom is -0.480 e. The number of guanidine groups is 1. The number of hydrogen-bond acceptors (Lipinski definition) is 6. The minimum absolute atomic E-state index is 0.00743. The van der Waals surface area contributed by atoms with Gasteiger partial charge in [0, 0.05) is 6.54 Å². The second-order valence-electron chi connectivity index (χ2n) is 5.40. The Hall–Kier alpha value is -2.66. The largest absolute Gasteiger partial charge is 0.480 e. The fourth-order valence-electron chi connectivity index (χ4n) is 2.18. The molecule has 0 amide bonds. The summed E-state index contributed by atoms with van der Waals surface area (Å²) in [5.74, 6) is -2.82. The molecule has 1 aromatic carbocycles. The maximum absolute atomic E-state index is 12.3. The SMILES string of the molecule is COC(=O)c1ccccc1CS(=O)(=O)N[C@H](CCCNC(=N)N)C(=O)O. The molecule has 0 saturated carbocycles. The highest BCUT2D eigenvalue weighted by molar-refractivity contribution is 7.88. The molecule has 0 unspecified atom stereocenters. The molecule has 26 heavy (non-hydrogen) atoms. The van der Waals surface area contributed by atoms with E-state index in [0.717, 1.165) is 0 Å². The number of aliphatic carboxylic acids is 1. The number of carbonyl (C=O) groups excluding carboxylic acids is 1. The number of carboxylic acids is 1. The average molecular weight is 386 g/mol. The number of nitrogens with two attached hydrogens (primary N) is 1. The van der Waals surface area contributed by atoms with Crippen molar-refractivity contribution in [2.24, 2.45) is 5.73 Å². The first-order valence-electron chi connectivity index (χ1n) is 7.63. The van der Waals surface area contributed by atoms with Gasteiger partial charge in [0.1, 0.15) is 6.04 Å². The molecular weight excluding hydrogens is 364 g/mol. The molecule has 144 valence electrons. The lowest BCUT2D eigenvalue weighted by molar-refractivity contribution is -0.139. The number of carboxylic acid groups (broad SMARTS) is 1. The van der Waals surface area contributed by atoms with Crippen molar-refractivity contribution in [1.82, 2.24) is 10.0 Å². The molecule has 0 bridgehead atoms. The van der Waals surface area contributed by atoms with Crippen LogP contribution in [0.1, 0.15) is 28.8 Å². The summed E-state index contributed by atoms with van der Waals surface area (Å²) in [4.78, 5) is 23.0. The molecule has 1 aromatic rings. The van der Waals surface area contributed by atoms with Crippen LogP contribution in [-0.4, -0.2) is 51.1 Å². The summed E-state index contributed by atoms with van der Waals surface area (Å²) < 4.78 is 31.4. The van der Waals surface area contributed by atoms with Gasteiger partial charge in [0.2, 0.25) is 10.0 Å². The van der Waals surface area contributed by atoms with E-state index in [2.05, 4.69) is 14.8 Å². The van der Waals surface area contributed by atoms with Crippen LogP contribution in [0.4, 0.5) is 0 Å². The van der Waals surface area contributed by atoms with Gasteiger partial charge < -0.3 is 20.9 Å². The summed E-state index contributed by atoms with van der Waals surface area (Å²) in [6.45, 7) is 0.242. The summed E-state index contributed by atoms with van der Waals surface area (Å²) in [6, 6.07) is 4.69. The Morgan fingerprint density at radius 3 is 2.58 bits per heavy atom. The summed E-state index contributed by atoms with van der Waals surface area (Å²) in [5, 5.41) is 18.7. The Kier molecular flexibility index (Phi) is 8.00. The van der Waals surface area contributed by atoms with Crippen LogP contribution in [0.25, 0.3) is 0 Å². The number of hydrogen-bond donors (Lipinski definition) is 5. The number of methoxy groups -OCH3 is 1. The molecule has 0 aliphatic heterocycles. The molecule has 0 saturated heterocycles. The maximum atomic E-state index is 12.3. The van der Waals surface area contributed by atoms with Crippen molar-refractivity contribution < 1.29 is 27.9 Å². The van der Waals surface area contributed by atoms with E-state index < -0.39 is 33.8 Å². The minimum atomic E-state index is -4.02.